The number of aromatic nitrogens is 2. The summed E-state index contributed by atoms with van der Waals surface area (Å²) in [7, 11) is 0. The van der Waals surface area contributed by atoms with Crippen molar-refractivity contribution in [1.29, 1.82) is 0 Å². The normalized spacial score (nSPS) is 11.7. The van der Waals surface area contributed by atoms with E-state index in [-0.39, 0.29) is 0 Å². The molecule has 4 rings (SSSR count). The second kappa shape index (κ2) is 6.79. The van der Waals surface area contributed by atoms with Crippen LogP contribution in [0.15, 0.2) is 78.9 Å². The van der Waals surface area contributed by atoms with Gasteiger partial charge in [0.25, 0.3) is 0 Å². The number of nitrogens with zero attached hydrogens (tertiary/aromatic N) is 2. The summed E-state index contributed by atoms with van der Waals surface area (Å²) in [5.41, 5.74) is 1.28. The van der Waals surface area contributed by atoms with Gasteiger partial charge in [0.15, 0.2) is 0 Å². The maximum Gasteiger partial charge on any atom is 0.416 e. The first-order valence-corrected chi connectivity index (χ1v) is 8.34. The lowest BCUT2D eigenvalue weighted by Gasteiger charge is -2.09. The molecule has 0 atom stereocenters. The van der Waals surface area contributed by atoms with Crippen LogP contribution in [-0.4, -0.2) is 9.78 Å². The Labute approximate surface area is 153 Å². The second-order valence-corrected chi connectivity index (χ2v) is 6.06. The number of alkyl halides is 3. The molecule has 1 aromatic heterocycles. The predicted octanol–water partition coefficient (Wildman–Crippen LogP) is 5.62. The van der Waals surface area contributed by atoms with Crippen LogP contribution in [-0.2, 0) is 12.8 Å². The summed E-state index contributed by atoms with van der Waals surface area (Å²) < 4.78 is 46.5. The molecule has 0 unspecified atom stereocenters. The molecule has 0 amide bonds. The van der Waals surface area contributed by atoms with Crippen LogP contribution in [0.3, 0.4) is 0 Å². The molecular weight excluding hydrogens is 353 g/mol. The zero-order chi connectivity index (χ0) is 18.9. The smallest absolute Gasteiger partial charge is 0.416 e. The second-order valence-electron chi connectivity index (χ2n) is 6.06. The zero-order valence-corrected chi connectivity index (χ0v) is 14.1. The first kappa shape index (κ1) is 17.1. The molecule has 0 aliphatic rings. The molecule has 4 aromatic rings. The maximum absolute atomic E-state index is 13.1. The van der Waals surface area contributed by atoms with Gasteiger partial charge in [-0.2, -0.15) is 13.2 Å². The summed E-state index contributed by atoms with van der Waals surface area (Å²) in [6.45, 7) is 0.324. The number of hydrogen-bond acceptors (Lipinski definition) is 2. The van der Waals surface area contributed by atoms with Crippen molar-refractivity contribution in [3.05, 3.63) is 90.0 Å². The van der Waals surface area contributed by atoms with Crippen LogP contribution in [0.25, 0.3) is 16.6 Å². The third kappa shape index (κ3) is 3.51. The summed E-state index contributed by atoms with van der Waals surface area (Å²) in [5.74, 6) is 0.381. The minimum Gasteiger partial charge on any atom is -0.471 e. The van der Waals surface area contributed by atoms with Gasteiger partial charge in [0, 0.05) is 0 Å². The molecule has 0 N–H and O–H groups in total. The number of benzene rings is 3. The van der Waals surface area contributed by atoms with Gasteiger partial charge in [-0.05, 0) is 35.9 Å². The highest BCUT2D eigenvalue weighted by Gasteiger charge is 2.30. The number of halogens is 3. The van der Waals surface area contributed by atoms with E-state index in [1.165, 1.54) is 10.7 Å². The highest BCUT2D eigenvalue weighted by Crippen LogP contribution is 2.32. The Hall–Kier alpha value is -3.28. The fourth-order valence-electron chi connectivity index (χ4n) is 2.88. The van der Waals surface area contributed by atoms with Crippen molar-refractivity contribution >= 4 is 10.9 Å². The third-order valence-electron chi connectivity index (χ3n) is 4.19. The lowest BCUT2D eigenvalue weighted by Crippen LogP contribution is -2.06. The van der Waals surface area contributed by atoms with E-state index in [0.717, 1.165) is 23.1 Å². The minimum absolute atomic E-state index is 0.324. The average Bonchev–Trinajstić information content (AvgIpc) is 3.05. The summed E-state index contributed by atoms with van der Waals surface area (Å²) in [5, 5.41) is 5.17. The van der Waals surface area contributed by atoms with Gasteiger partial charge in [-0.1, -0.05) is 48.5 Å². The van der Waals surface area contributed by atoms with Crippen LogP contribution in [0, 0.1) is 0 Å². The Balaban J connectivity index is 1.74. The monoisotopic (exact) mass is 368 g/mol. The Bertz CT molecular complexity index is 1070. The summed E-state index contributed by atoms with van der Waals surface area (Å²) >= 11 is 0. The first-order valence-electron chi connectivity index (χ1n) is 8.34. The Morgan fingerprint density at radius 3 is 2.37 bits per heavy atom. The maximum atomic E-state index is 13.1. The van der Waals surface area contributed by atoms with E-state index in [1.807, 2.05) is 48.5 Å². The highest BCUT2D eigenvalue weighted by atomic mass is 19.4. The van der Waals surface area contributed by atoms with E-state index in [4.69, 9.17) is 4.74 Å². The molecule has 0 spiro atoms. The van der Waals surface area contributed by atoms with Crippen molar-refractivity contribution in [3.63, 3.8) is 0 Å². The number of ether oxygens (including phenoxy) is 1. The van der Waals surface area contributed by atoms with E-state index in [9.17, 15) is 13.2 Å². The molecule has 136 valence electrons. The molecule has 0 saturated heterocycles. The molecule has 1 heterocycles. The zero-order valence-electron chi connectivity index (χ0n) is 14.1. The van der Waals surface area contributed by atoms with Gasteiger partial charge in [0.2, 0.25) is 5.88 Å². The molecule has 3 aromatic carbocycles. The van der Waals surface area contributed by atoms with Crippen LogP contribution in [0.5, 0.6) is 5.88 Å². The van der Waals surface area contributed by atoms with Crippen molar-refractivity contribution in [3.8, 4) is 11.6 Å². The van der Waals surface area contributed by atoms with Crippen molar-refractivity contribution in [2.75, 3.05) is 0 Å². The fourth-order valence-corrected chi connectivity index (χ4v) is 2.88. The molecule has 0 saturated carbocycles. The number of hydrogen-bond donors (Lipinski definition) is 0. The molecule has 0 aliphatic carbocycles. The minimum atomic E-state index is -4.41. The lowest BCUT2D eigenvalue weighted by molar-refractivity contribution is -0.137. The van der Waals surface area contributed by atoms with Crippen molar-refractivity contribution < 1.29 is 17.9 Å². The van der Waals surface area contributed by atoms with Gasteiger partial charge in [-0.25, -0.2) is 4.68 Å². The van der Waals surface area contributed by atoms with Crippen LogP contribution in [0.1, 0.15) is 11.1 Å². The van der Waals surface area contributed by atoms with Crippen LogP contribution in [0.4, 0.5) is 13.2 Å². The Morgan fingerprint density at radius 1 is 0.852 bits per heavy atom. The van der Waals surface area contributed by atoms with Crippen molar-refractivity contribution in [2.45, 2.75) is 12.8 Å². The van der Waals surface area contributed by atoms with Crippen molar-refractivity contribution in [1.82, 2.24) is 9.78 Å². The Morgan fingerprint density at radius 2 is 1.59 bits per heavy atom. The highest BCUT2D eigenvalue weighted by molar-refractivity contribution is 5.86. The van der Waals surface area contributed by atoms with Gasteiger partial charge in [0.05, 0.1) is 22.2 Å². The van der Waals surface area contributed by atoms with Crippen molar-refractivity contribution in [2.24, 2.45) is 0 Å². The van der Waals surface area contributed by atoms with Crippen LogP contribution >= 0.6 is 0 Å². The van der Waals surface area contributed by atoms with Gasteiger partial charge >= 0.3 is 6.18 Å². The third-order valence-corrected chi connectivity index (χ3v) is 4.19. The average molecular weight is 368 g/mol. The number of fused-ring (bicyclic) bond motifs is 1. The van der Waals surface area contributed by atoms with E-state index < -0.39 is 11.7 Å². The Kier molecular flexibility index (Phi) is 4.32. The molecule has 27 heavy (non-hydrogen) atoms. The van der Waals surface area contributed by atoms with E-state index in [0.29, 0.717) is 23.7 Å². The number of para-hydroxylation sites is 1. The van der Waals surface area contributed by atoms with Gasteiger partial charge in [-0.15, -0.1) is 5.10 Å². The molecule has 6 heteroatoms. The molecule has 0 bridgehead atoms. The quantitative estimate of drug-likeness (QED) is 0.467. The number of rotatable bonds is 4. The predicted molar refractivity (Wildman–Crippen MR) is 96.8 cm³/mol. The van der Waals surface area contributed by atoms with Gasteiger partial charge in [-0.3, -0.25) is 0 Å². The fraction of sp³-hybridized carbons (Fsp3) is 0.0952. The summed E-state index contributed by atoms with van der Waals surface area (Å²) in [6.07, 6.45) is -4.41. The first-order chi connectivity index (χ1) is 13.0. The topological polar surface area (TPSA) is 27.1 Å². The molecular formula is C21H15F3N2O. The van der Waals surface area contributed by atoms with E-state index in [2.05, 4.69) is 5.10 Å². The van der Waals surface area contributed by atoms with Crippen LogP contribution in [0.2, 0.25) is 0 Å². The lowest BCUT2D eigenvalue weighted by atomic mass is 10.2. The summed E-state index contributed by atoms with van der Waals surface area (Å²) in [6, 6.07) is 22.0. The standard InChI is InChI=1S/C21H15F3N2O/c22-21(23,24)16-9-6-10-17(13-16)26-19-12-5-4-11-18(19)20(25-26)27-14-15-7-2-1-3-8-15/h1-13H,14H2. The molecule has 0 fully saturated rings. The molecule has 3 nitrogen and oxygen atoms in total. The SMILES string of the molecule is FC(F)(F)c1cccc(-n2nc(OCc3ccccc3)c3ccccc32)c1. The molecule has 0 aliphatic heterocycles. The van der Waals surface area contributed by atoms with E-state index in [1.54, 1.807) is 12.1 Å². The van der Waals surface area contributed by atoms with Gasteiger partial charge < -0.3 is 4.74 Å². The van der Waals surface area contributed by atoms with E-state index >= 15 is 0 Å². The van der Waals surface area contributed by atoms with Gasteiger partial charge in [0.1, 0.15) is 6.61 Å². The van der Waals surface area contributed by atoms with Crippen LogP contribution < -0.4 is 4.74 Å². The molecule has 0 radical (unpaired) electrons. The largest absolute Gasteiger partial charge is 0.471 e. The summed E-state index contributed by atoms with van der Waals surface area (Å²) in [4.78, 5) is 0.